The molecule has 0 N–H and O–H groups in total. The largest absolute Gasteiger partial charge is 0.398 e. The lowest BCUT2D eigenvalue weighted by Crippen LogP contribution is -2.12. The molecule has 1 aliphatic carbocycles. The molecule has 0 bridgehead atoms. The molecular formula is C15H10Cl2F3NO2S. The number of nitrogens with zero attached hydrogens (tertiary/aromatic N) is 1. The van der Waals surface area contributed by atoms with Crippen LogP contribution < -0.4 is 0 Å². The number of halogens is 5. The summed E-state index contributed by atoms with van der Waals surface area (Å²) in [6.07, 6.45) is -0.231. The molecule has 24 heavy (non-hydrogen) atoms. The van der Waals surface area contributed by atoms with Crippen LogP contribution in [0.2, 0.25) is 10.0 Å². The van der Waals surface area contributed by atoms with Crippen LogP contribution in [0.4, 0.5) is 13.2 Å². The van der Waals surface area contributed by atoms with E-state index in [0.717, 1.165) is 19.1 Å². The lowest BCUT2D eigenvalue weighted by atomic mass is 10.0. The molecule has 0 atom stereocenters. The first-order valence-electron chi connectivity index (χ1n) is 6.93. The van der Waals surface area contributed by atoms with Gasteiger partial charge in [-0.05, 0) is 30.4 Å². The molecule has 3 rings (SSSR count). The average Bonchev–Trinajstić information content (AvgIpc) is 3.20. The van der Waals surface area contributed by atoms with Crippen molar-refractivity contribution >= 4 is 40.7 Å². The quantitative estimate of drug-likeness (QED) is 0.477. The second-order valence-electron chi connectivity index (χ2n) is 5.39. The number of benzene rings is 1. The Hall–Kier alpha value is -1.18. The summed E-state index contributed by atoms with van der Waals surface area (Å²) in [5, 5.41) is 3.65. The summed E-state index contributed by atoms with van der Waals surface area (Å²) in [5.74, 6) is -1.48. The summed E-state index contributed by atoms with van der Waals surface area (Å²) in [7, 11) is 0. The van der Waals surface area contributed by atoms with Crippen molar-refractivity contribution in [1.82, 2.24) is 5.16 Å². The maximum Gasteiger partial charge on any atom is 0.398 e. The van der Waals surface area contributed by atoms with Gasteiger partial charge in [-0.25, -0.2) is 0 Å². The predicted octanol–water partition coefficient (Wildman–Crippen LogP) is 5.74. The van der Waals surface area contributed by atoms with Gasteiger partial charge in [0.05, 0.1) is 27.6 Å². The van der Waals surface area contributed by atoms with Crippen molar-refractivity contribution in [2.75, 3.05) is 5.75 Å². The van der Waals surface area contributed by atoms with Crippen molar-refractivity contribution in [3.8, 4) is 0 Å². The summed E-state index contributed by atoms with van der Waals surface area (Å²) >= 11 is 12.9. The van der Waals surface area contributed by atoms with Crippen LogP contribution in [0.5, 0.6) is 0 Å². The Kier molecular flexibility index (Phi) is 4.86. The first-order valence-corrected chi connectivity index (χ1v) is 8.67. The highest BCUT2D eigenvalue weighted by molar-refractivity contribution is 7.99. The first kappa shape index (κ1) is 17.6. The highest BCUT2D eigenvalue weighted by Crippen LogP contribution is 2.49. The molecule has 0 amide bonds. The lowest BCUT2D eigenvalue weighted by Gasteiger charge is -2.15. The van der Waals surface area contributed by atoms with E-state index in [9.17, 15) is 18.0 Å². The Morgan fingerprint density at radius 1 is 1.33 bits per heavy atom. The number of hydrogen-bond acceptors (Lipinski definition) is 4. The fourth-order valence-electron chi connectivity index (χ4n) is 2.26. The van der Waals surface area contributed by atoms with Gasteiger partial charge in [0.25, 0.3) is 0 Å². The van der Waals surface area contributed by atoms with Crippen LogP contribution in [0, 0.1) is 0 Å². The van der Waals surface area contributed by atoms with Gasteiger partial charge in [0.2, 0.25) is 0 Å². The van der Waals surface area contributed by atoms with Gasteiger partial charge in [-0.1, -0.05) is 28.4 Å². The van der Waals surface area contributed by atoms with Crippen molar-refractivity contribution in [3.05, 3.63) is 45.3 Å². The molecule has 128 valence electrons. The third-order valence-corrected chi connectivity index (χ3v) is 5.70. The molecule has 1 aromatic heterocycles. The maximum atomic E-state index is 12.6. The molecule has 0 radical (unpaired) electrons. The molecule has 3 nitrogen and oxygen atoms in total. The van der Waals surface area contributed by atoms with Crippen LogP contribution in [0.1, 0.15) is 40.2 Å². The van der Waals surface area contributed by atoms with Gasteiger partial charge in [0.1, 0.15) is 6.26 Å². The summed E-state index contributed by atoms with van der Waals surface area (Å²) in [4.78, 5) is 12.6. The molecule has 1 saturated carbocycles. The van der Waals surface area contributed by atoms with Gasteiger partial charge in [0.15, 0.2) is 5.78 Å². The normalized spacial score (nSPS) is 14.9. The zero-order valence-electron chi connectivity index (χ0n) is 12.0. The molecular weight excluding hydrogens is 386 g/mol. The van der Waals surface area contributed by atoms with Gasteiger partial charge in [-0.2, -0.15) is 13.2 Å². The molecule has 1 aliphatic rings. The van der Waals surface area contributed by atoms with Gasteiger partial charge in [-0.3, -0.25) is 4.79 Å². The highest BCUT2D eigenvalue weighted by Gasteiger charge is 2.33. The minimum atomic E-state index is -4.40. The van der Waals surface area contributed by atoms with Crippen molar-refractivity contribution in [2.45, 2.75) is 29.8 Å². The summed E-state index contributed by atoms with van der Waals surface area (Å²) in [6.45, 7) is 0. The second-order valence-corrected chi connectivity index (χ2v) is 7.13. The van der Waals surface area contributed by atoms with E-state index < -0.39 is 17.7 Å². The summed E-state index contributed by atoms with van der Waals surface area (Å²) < 4.78 is 42.4. The summed E-state index contributed by atoms with van der Waals surface area (Å²) in [5.41, 5.74) is 0.922. The molecule has 0 spiro atoms. The Bertz CT molecular complexity index is 774. The minimum absolute atomic E-state index is 0.0184. The smallest absolute Gasteiger partial charge is 0.364 e. The molecule has 0 saturated heterocycles. The van der Waals surface area contributed by atoms with Crippen LogP contribution in [0.3, 0.4) is 0 Å². The number of thioether (sulfide) groups is 1. The number of ketones is 1. The zero-order chi connectivity index (χ0) is 17.5. The fourth-order valence-corrected chi connectivity index (χ4v) is 3.83. The van der Waals surface area contributed by atoms with Crippen molar-refractivity contribution in [2.24, 2.45) is 0 Å². The number of hydrogen-bond donors (Lipinski definition) is 0. The number of carbonyl (C=O) groups excluding carboxylic acids is 1. The van der Waals surface area contributed by atoms with Crippen molar-refractivity contribution in [3.63, 3.8) is 0 Å². The molecule has 1 heterocycles. The Balaban J connectivity index is 2.07. The van der Waals surface area contributed by atoms with E-state index in [2.05, 4.69) is 9.68 Å². The minimum Gasteiger partial charge on any atom is -0.364 e. The van der Waals surface area contributed by atoms with E-state index >= 15 is 0 Å². The molecule has 1 aromatic carbocycles. The van der Waals surface area contributed by atoms with Crippen LogP contribution in [-0.4, -0.2) is 22.9 Å². The van der Waals surface area contributed by atoms with E-state index in [1.165, 1.54) is 6.20 Å². The van der Waals surface area contributed by atoms with Crippen LogP contribution >= 0.6 is 35.0 Å². The molecule has 0 aliphatic heterocycles. The van der Waals surface area contributed by atoms with E-state index in [1.807, 2.05) is 0 Å². The fraction of sp³-hybridized carbons (Fsp3) is 0.333. The lowest BCUT2D eigenvalue weighted by molar-refractivity contribution is -0.105. The number of carbonyl (C=O) groups is 1. The molecule has 1 fully saturated rings. The van der Waals surface area contributed by atoms with Crippen LogP contribution in [0.25, 0.3) is 0 Å². The van der Waals surface area contributed by atoms with Crippen molar-refractivity contribution < 1.29 is 22.5 Å². The van der Waals surface area contributed by atoms with Crippen LogP contribution in [-0.2, 0) is 0 Å². The molecule has 2 aromatic rings. The monoisotopic (exact) mass is 395 g/mol. The maximum absolute atomic E-state index is 12.6. The third kappa shape index (κ3) is 3.73. The second kappa shape index (κ2) is 6.61. The molecule has 0 unspecified atom stereocenters. The number of aromatic nitrogens is 1. The Morgan fingerprint density at radius 3 is 2.58 bits per heavy atom. The Morgan fingerprint density at radius 2 is 2.04 bits per heavy atom. The van der Waals surface area contributed by atoms with E-state index in [1.54, 1.807) is 6.07 Å². The van der Waals surface area contributed by atoms with E-state index in [-0.39, 0.29) is 32.0 Å². The zero-order valence-corrected chi connectivity index (χ0v) is 14.3. The van der Waals surface area contributed by atoms with Gasteiger partial charge < -0.3 is 4.52 Å². The predicted molar refractivity (Wildman–Crippen MR) is 85.2 cm³/mol. The van der Waals surface area contributed by atoms with Gasteiger partial charge in [-0.15, -0.1) is 11.8 Å². The average molecular weight is 396 g/mol. The van der Waals surface area contributed by atoms with Crippen molar-refractivity contribution in [1.29, 1.82) is 0 Å². The highest BCUT2D eigenvalue weighted by atomic mass is 35.5. The van der Waals surface area contributed by atoms with Gasteiger partial charge in [0, 0.05) is 10.5 Å². The first-order chi connectivity index (χ1) is 11.3. The topological polar surface area (TPSA) is 43.1 Å². The standard InChI is InChI=1S/C15H10Cl2F3NO2S/c16-11-9(7-1-2-7)3-10(13(22)8-4-21-23-5-8)14(12(11)17)24-6-15(18,19)20/h3-5,7H,1-2,6H2. The molecule has 9 heteroatoms. The third-order valence-electron chi connectivity index (χ3n) is 3.53. The SMILES string of the molecule is O=C(c1cnoc1)c1cc(C2CC2)c(Cl)c(Cl)c1SCC(F)(F)F. The Labute approximate surface area is 149 Å². The number of rotatable bonds is 5. The van der Waals surface area contributed by atoms with Gasteiger partial charge >= 0.3 is 6.18 Å². The van der Waals surface area contributed by atoms with E-state index in [0.29, 0.717) is 17.3 Å². The van der Waals surface area contributed by atoms with E-state index in [4.69, 9.17) is 23.2 Å². The van der Waals surface area contributed by atoms with Crippen LogP contribution in [0.15, 0.2) is 27.9 Å². The number of alkyl halides is 3. The summed E-state index contributed by atoms with van der Waals surface area (Å²) in [6, 6.07) is 1.54.